The van der Waals surface area contributed by atoms with Gasteiger partial charge in [-0.05, 0) is 81.4 Å². The van der Waals surface area contributed by atoms with E-state index >= 15 is 0 Å². The number of ketones is 1. The van der Waals surface area contributed by atoms with Gasteiger partial charge in [-0.1, -0.05) is 66.2 Å². The summed E-state index contributed by atoms with van der Waals surface area (Å²) in [6, 6.07) is 2.42. The van der Waals surface area contributed by atoms with Crippen molar-refractivity contribution in [2.24, 2.45) is 34.8 Å². The van der Waals surface area contributed by atoms with Crippen molar-refractivity contribution in [3.05, 3.63) is 41.5 Å². The molecule has 1 aliphatic heterocycles. The van der Waals surface area contributed by atoms with Crippen molar-refractivity contribution in [2.45, 2.75) is 137 Å². The molecule has 60 heavy (non-hydrogen) atoms. The van der Waals surface area contributed by atoms with Crippen molar-refractivity contribution >= 4 is 35.4 Å². The molecule has 0 aromatic heterocycles. The van der Waals surface area contributed by atoms with E-state index in [4.69, 9.17) is 10.5 Å². The van der Waals surface area contributed by atoms with Gasteiger partial charge in [-0.2, -0.15) is 0 Å². The number of nitrogens with one attached hydrogen (secondary N) is 1. The van der Waals surface area contributed by atoms with Gasteiger partial charge in [-0.3, -0.25) is 28.8 Å². The predicted octanol–water partition coefficient (Wildman–Crippen LogP) is 3.43. The van der Waals surface area contributed by atoms with E-state index in [0.717, 1.165) is 5.56 Å². The van der Waals surface area contributed by atoms with Gasteiger partial charge in [-0.15, -0.1) is 0 Å². The second-order valence-electron chi connectivity index (χ2n) is 18.0. The molecule has 1 aliphatic rings. The Morgan fingerprint density at radius 3 is 2.12 bits per heavy atom. The third kappa shape index (κ3) is 13.8. The number of aliphatic carboxylic acids is 1. The summed E-state index contributed by atoms with van der Waals surface area (Å²) in [5.41, 5.74) is 6.25. The van der Waals surface area contributed by atoms with Crippen molar-refractivity contribution in [1.82, 2.24) is 20.0 Å². The lowest BCUT2D eigenvalue weighted by Gasteiger charge is -2.40. The van der Waals surface area contributed by atoms with E-state index in [2.05, 4.69) is 5.32 Å². The Morgan fingerprint density at radius 2 is 1.60 bits per heavy atom. The van der Waals surface area contributed by atoms with E-state index in [1.54, 1.807) is 36.1 Å². The second kappa shape index (κ2) is 23.0. The number of likely N-dealkylation sites (tertiary alicyclic amines) is 1. The fourth-order valence-electron chi connectivity index (χ4n) is 7.87. The number of methoxy groups -OCH3 is 1. The maximum Gasteiger partial charge on any atom is 0.308 e. The third-order valence-electron chi connectivity index (χ3n) is 12.2. The number of carbonyl (C=O) groups excluding carboxylic acids is 5. The van der Waals surface area contributed by atoms with E-state index in [9.17, 15) is 44.1 Å². The minimum Gasteiger partial charge on any atom is -0.497 e. The highest BCUT2D eigenvalue weighted by Gasteiger charge is 2.46. The lowest BCUT2D eigenvalue weighted by molar-refractivity contribution is -0.153. The fraction of sp³-hybridized carbons (Fsp3) is 0.689. The number of rotatable bonds is 22. The SMILES string of the molecule is CC[C@H](C)[C@@H](C(=O)N1CCC[C@H]1C(=O)[C@@H](C[C@H](C)C[C@H](O)[C@H](C)C(=O)O)C(C)(C)C)N(C)C(=O)[C@H](C)N(C)C(=O)[C@H](Cc1ccc(OC)cc1)NC(=O)/C(C)=C/[C@H](N)CO. The number of hydrogen-bond acceptors (Lipinski definition) is 10. The van der Waals surface area contributed by atoms with Crippen LogP contribution in [0.2, 0.25) is 0 Å². The average molecular weight is 844 g/mol. The smallest absolute Gasteiger partial charge is 0.308 e. The quantitative estimate of drug-likeness (QED) is 0.107. The van der Waals surface area contributed by atoms with Gasteiger partial charge in [0, 0.05) is 44.6 Å². The third-order valence-corrected chi connectivity index (χ3v) is 12.2. The van der Waals surface area contributed by atoms with Crippen LogP contribution >= 0.6 is 0 Å². The summed E-state index contributed by atoms with van der Waals surface area (Å²) in [4.78, 5) is 86.7. The van der Waals surface area contributed by atoms with Crippen molar-refractivity contribution in [3.63, 3.8) is 0 Å². The number of amides is 4. The molecule has 10 atom stereocenters. The molecule has 1 heterocycles. The molecule has 0 radical (unpaired) electrons. The Balaban J connectivity index is 2.39. The Bertz CT molecular complexity index is 1660. The Morgan fingerprint density at radius 1 is 1.00 bits per heavy atom. The largest absolute Gasteiger partial charge is 0.497 e. The molecule has 0 spiro atoms. The molecule has 1 saturated heterocycles. The molecule has 0 unspecified atom stereocenters. The number of carbonyl (C=O) groups is 6. The summed E-state index contributed by atoms with van der Waals surface area (Å²) >= 11 is 0. The van der Waals surface area contributed by atoms with Gasteiger partial charge in [0.15, 0.2) is 5.78 Å². The Labute approximate surface area is 357 Å². The summed E-state index contributed by atoms with van der Waals surface area (Å²) in [6.45, 7) is 16.1. The van der Waals surface area contributed by atoms with Crippen LogP contribution in [0.15, 0.2) is 35.9 Å². The first kappa shape index (κ1) is 51.8. The number of Topliss-reactive ketones (excluding diaryl/α,β-unsaturated/α-hetero) is 1. The Hall–Kier alpha value is -4.34. The number of aliphatic hydroxyl groups is 2. The molecule has 15 nitrogen and oxygen atoms in total. The highest BCUT2D eigenvalue weighted by molar-refractivity contribution is 5.98. The first-order valence-corrected chi connectivity index (χ1v) is 21.2. The molecule has 0 saturated carbocycles. The van der Waals surface area contributed by atoms with E-state index in [1.807, 2.05) is 41.5 Å². The lowest BCUT2D eigenvalue weighted by atomic mass is 9.71. The molecular weight excluding hydrogens is 771 g/mol. The van der Waals surface area contributed by atoms with Gasteiger partial charge in [0.05, 0.1) is 31.8 Å². The van der Waals surface area contributed by atoms with Gasteiger partial charge >= 0.3 is 5.97 Å². The highest BCUT2D eigenvalue weighted by atomic mass is 16.5. The summed E-state index contributed by atoms with van der Waals surface area (Å²) in [5.74, 6) is -4.46. The van der Waals surface area contributed by atoms with Crippen LogP contribution in [0.25, 0.3) is 0 Å². The number of likely N-dealkylation sites (N-methyl/N-ethyl adjacent to an activating group) is 2. The van der Waals surface area contributed by atoms with Crippen LogP contribution in [0.4, 0.5) is 0 Å². The zero-order chi connectivity index (χ0) is 45.8. The standard InChI is InChI=1S/C45H73N5O10/c1-13-27(3)38(43(57)50-20-14-15-36(50)39(53)34(45(7,8)9)21-26(2)22-37(52)29(5)44(58)59)49(11)41(55)30(6)48(10)42(56)35(24-31-16-18-33(60-12)19-17-31)47-40(54)28(4)23-32(46)25-51/h16-19,23,26-27,29-30,32,34-38,51-52H,13-15,20-22,24-25,46H2,1-12H3,(H,47,54)(H,58,59)/b28-23+/t26-,27-,29-,30-,32-,34+,35-,36-,37-,38-/m0/s1. The van der Waals surface area contributed by atoms with Crippen LogP contribution in [0.1, 0.15) is 100.0 Å². The van der Waals surface area contributed by atoms with Crippen molar-refractivity contribution in [3.8, 4) is 5.75 Å². The first-order valence-electron chi connectivity index (χ1n) is 21.2. The molecule has 1 aromatic carbocycles. The summed E-state index contributed by atoms with van der Waals surface area (Å²) in [5, 5.41) is 32.1. The molecule has 4 amide bonds. The van der Waals surface area contributed by atoms with Crippen molar-refractivity contribution in [2.75, 3.05) is 34.4 Å². The van der Waals surface area contributed by atoms with Crippen molar-refractivity contribution < 1.29 is 48.8 Å². The molecule has 1 aromatic rings. The predicted molar refractivity (Wildman–Crippen MR) is 230 cm³/mol. The number of ether oxygens (including phenoxy) is 1. The van der Waals surface area contributed by atoms with Crippen LogP contribution in [-0.4, -0.2) is 136 Å². The topological polar surface area (TPSA) is 220 Å². The summed E-state index contributed by atoms with van der Waals surface area (Å²) in [7, 11) is 4.55. The van der Waals surface area contributed by atoms with Crippen LogP contribution in [0, 0.1) is 29.1 Å². The van der Waals surface area contributed by atoms with E-state index in [1.165, 1.54) is 50.9 Å². The molecule has 0 aliphatic carbocycles. The molecule has 15 heteroatoms. The Kier molecular flexibility index (Phi) is 19.9. The van der Waals surface area contributed by atoms with Gasteiger partial charge in [0.2, 0.25) is 23.6 Å². The van der Waals surface area contributed by atoms with Gasteiger partial charge in [0.25, 0.3) is 0 Å². The maximum absolute atomic E-state index is 14.7. The number of carboxylic acid groups (broad SMARTS) is 1. The number of carboxylic acids is 1. The van der Waals surface area contributed by atoms with Crippen LogP contribution in [0.5, 0.6) is 5.75 Å². The van der Waals surface area contributed by atoms with Crippen LogP contribution in [-0.2, 0) is 35.2 Å². The minimum absolute atomic E-state index is 0.0870. The molecule has 338 valence electrons. The molecular formula is C45H73N5O10. The van der Waals surface area contributed by atoms with Gasteiger partial charge in [-0.25, -0.2) is 0 Å². The highest BCUT2D eigenvalue weighted by Crippen LogP contribution is 2.37. The zero-order valence-corrected chi connectivity index (χ0v) is 37.9. The zero-order valence-electron chi connectivity index (χ0n) is 37.9. The average Bonchev–Trinajstić information content (AvgIpc) is 3.70. The second-order valence-corrected chi connectivity index (χ2v) is 18.0. The molecule has 0 bridgehead atoms. The number of nitrogens with two attached hydrogens (primary N) is 1. The lowest BCUT2D eigenvalue weighted by Crippen LogP contribution is -2.59. The number of aliphatic hydroxyl groups excluding tert-OH is 2. The van der Waals surface area contributed by atoms with Gasteiger partial charge < -0.3 is 45.8 Å². The van der Waals surface area contributed by atoms with Crippen LogP contribution < -0.4 is 15.8 Å². The molecule has 6 N–H and O–H groups in total. The number of nitrogens with zero attached hydrogens (tertiary/aromatic N) is 3. The van der Waals surface area contributed by atoms with E-state index < -0.39 is 77.3 Å². The monoisotopic (exact) mass is 844 g/mol. The minimum atomic E-state index is -1.10. The maximum atomic E-state index is 14.7. The van der Waals surface area contributed by atoms with Crippen molar-refractivity contribution in [1.29, 1.82) is 0 Å². The van der Waals surface area contributed by atoms with E-state index in [-0.39, 0.29) is 48.5 Å². The normalized spacial score (nSPS) is 19.1. The fourth-order valence-corrected chi connectivity index (χ4v) is 7.87. The molecule has 1 fully saturated rings. The first-order chi connectivity index (χ1) is 27.9. The summed E-state index contributed by atoms with van der Waals surface area (Å²) < 4.78 is 5.26. The van der Waals surface area contributed by atoms with Gasteiger partial charge in [0.1, 0.15) is 23.9 Å². The summed E-state index contributed by atoms with van der Waals surface area (Å²) in [6.07, 6.45) is 2.65. The number of benzene rings is 1. The van der Waals surface area contributed by atoms with E-state index in [0.29, 0.717) is 38.0 Å². The number of hydrogen-bond donors (Lipinski definition) is 5. The molecule has 2 rings (SSSR count). The van der Waals surface area contributed by atoms with Crippen LogP contribution in [0.3, 0.4) is 0 Å².